The summed E-state index contributed by atoms with van der Waals surface area (Å²) in [6.45, 7) is 0. The third-order valence-electron chi connectivity index (χ3n) is 10.6. The number of aromatic nitrogens is 3. The zero-order chi connectivity index (χ0) is 35.6. The van der Waals surface area contributed by atoms with Crippen LogP contribution in [0, 0.1) is 0 Å². The number of thiazole rings is 1. The van der Waals surface area contributed by atoms with Gasteiger partial charge in [-0.25, -0.2) is 9.97 Å². The first-order chi connectivity index (χ1) is 26.8. The molecular weight excluding hydrogens is 675 g/mol. The molecule has 0 unspecified atom stereocenters. The van der Waals surface area contributed by atoms with Crippen LogP contribution >= 0.6 is 11.3 Å². The Kier molecular flexibility index (Phi) is 7.04. The topological polar surface area (TPSA) is 30.7 Å². The van der Waals surface area contributed by atoms with Crippen LogP contribution in [0.5, 0.6) is 0 Å². The van der Waals surface area contributed by atoms with Gasteiger partial charge < -0.3 is 4.57 Å². The second kappa shape index (κ2) is 12.4. The van der Waals surface area contributed by atoms with Crippen molar-refractivity contribution in [2.75, 3.05) is 0 Å². The SMILES string of the molecule is c1ccc(-c2nc3c(-c4ccc(-c5ccc(-c6nc7ccccc7s6)cc5)cc4)cccc3c3c2ccc2c4ccccc4n(-c4ccccc4)c23)cc1. The van der Waals surface area contributed by atoms with Crippen molar-refractivity contribution in [1.29, 1.82) is 0 Å². The summed E-state index contributed by atoms with van der Waals surface area (Å²) >= 11 is 1.74. The molecule has 0 saturated heterocycles. The highest BCUT2D eigenvalue weighted by Gasteiger charge is 2.21. The van der Waals surface area contributed by atoms with E-state index in [1.54, 1.807) is 11.3 Å². The number of hydrogen-bond donors (Lipinski definition) is 0. The Bertz CT molecular complexity index is 3150. The van der Waals surface area contributed by atoms with Crippen molar-refractivity contribution in [3.63, 3.8) is 0 Å². The molecule has 0 amide bonds. The molecule has 11 rings (SSSR count). The van der Waals surface area contributed by atoms with Gasteiger partial charge in [0.1, 0.15) is 5.01 Å². The van der Waals surface area contributed by atoms with E-state index in [0.29, 0.717) is 0 Å². The molecule has 0 saturated carbocycles. The summed E-state index contributed by atoms with van der Waals surface area (Å²) in [5.41, 5.74) is 13.4. The van der Waals surface area contributed by atoms with E-state index in [1.807, 2.05) is 6.07 Å². The fraction of sp³-hybridized carbons (Fsp3) is 0. The van der Waals surface area contributed by atoms with Crippen LogP contribution < -0.4 is 0 Å². The average Bonchev–Trinajstić information content (AvgIpc) is 3.84. The summed E-state index contributed by atoms with van der Waals surface area (Å²) in [5.74, 6) is 0. The van der Waals surface area contributed by atoms with Crippen LogP contribution in [0.2, 0.25) is 0 Å². The summed E-state index contributed by atoms with van der Waals surface area (Å²) in [7, 11) is 0. The lowest BCUT2D eigenvalue weighted by molar-refractivity contribution is 1.19. The van der Waals surface area contributed by atoms with Crippen LogP contribution in [0.3, 0.4) is 0 Å². The molecule has 4 heteroatoms. The molecule has 0 N–H and O–H groups in total. The van der Waals surface area contributed by atoms with Gasteiger partial charge in [-0.1, -0.05) is 158 Å². The molecule has 3 heterocycles. The Morgan fingerprint density at radius 1 is 0.407 bits per heavy atom. The largest absolute Gasteiger partial charge is 0.309 e. The minimum absolute atomic E-state index is 0.988. The first kappa shape index (κ1) is 30.7. The number of pyridine rings is 1. The molecule has 11 aromatic rings. The highest BCUT2D eigenvalue weighted by Crippen LogP contribution is 2.44. The summed E-state index contributed by atoms with van der Waals surface area (Å²) in [4.78, 5) is 10.4. The number of fused-ring (bicyclic) bond motifs is 8. The van der Waals surface area contributed by atoms with Gasteiger partial charge in [0.2, 0.25) is 0 Å². The van der Waals surface area contributed by atoms with Crippen LogP contribution in [0.15, 0.2) is 188 Å². The smallest absolute Gasteiger partial charge is 0.124 e. The fourth-order valence-corrected chi connectivity index (χ4v) is 9.07. The van der Waals surface area contributed by atoms with Crippen LogP contribution in [-0.4, -0.2) is 14.5 Å². The molecule has 0 radical (unpaired) electrons. The normalized spacial score (nSPS) is 11.7. The van der Waals surface area contributed by atoms with Crippen LogP contribution in [0.1, 0.15) is 0 Å². The Morgan fingerprint density at radius 2 is 1.04 bits per heavy atom. The molecule has 0 atom stereocenters. The number of para-hydroxylation sites is 4. The first-order valence-electron chi connectivity index (χ1n) is 18.2. The van der Waals surface area contributed by atoms with E-state index in [0.717, 1.165) is 60.4 Å². The van der Waals surface area contributed by atoms with Crippen molar-refractivity contribution in [3.8, 4) is 49.8 Å². The van der Waals surface area contributed by atoms with E-state index in [2.05, 4.69) is 187 Å². The Labute approximate surface area is 316 Å². The summed E-state index contributed by atoms with van der Waals surface area (Å²) in [6, 6.07) is 67.3. The first-order valence-corrected chi connectivity index (χ1v) is 19.1. The van der Waals surface area contributed by atoms with Gasteiger partial charge in [-0.15, -0.1) is 11.3 Å². The minimum Gasteiger partial charge on any atom is -0.309 e. The lowest BCUT2D eigenvalue weighted by atomic mass is 9.93. The quantitative estimate of drug-likeness (QED) is 0.167. The van der Waals surface area contributed by atoms with Crippen molar-refractivity contribution in [2.45, 2.75) is 0 Å². The molecule has 3 aromatic heterocycles. The van der Waals surface area contributed by atoms with Gasteiger partial charge in [0, 0.05) is 49.3 Å². The van der Waals surface area contributed by atoms with Crippen molar-refractivity contribution in [3.05, 3.63) is 188 Å². The summed E-state index contributed by atoms with van der Waals surface area (Å²) in [5, 5.41) is 7.01. The molecule has 0 aliphatic carbocycles. The Hall–Kier alpha value is -6.88. The Morgan fingerprint density at radius 3 is 1.81 bits per heavy atom. The number of rotatable bonds is 5. The van der Waals surface area contributed by atoms with Gasteiger partial charge in [-0.2, -0.15) is 0 Å². The molecule has 0 fully saturated rings. The maximum absolute atomic E-state index is 5.53. The zero-order valence-corrected chi connectivity index (χ0v) is 30.0. The van der Waals surface area contributed by atoms with Crippen molar-refractivity contribution in [1.82, 2.24) is 14.5 Å². The summed E-state index contributed by atoms with van der Waals surface area (Å²) < 4.78 is 3.65. The van der Waals surface area contributed by atoms with E-state index in [9.17, 15) is 0 Å². The number of benzene rings is 8. The van der Waals surface area contributed by atoms with Crippen LogP contribution in [0.4, 0.5) is 0 Å². The maximum atomic E-state index is 5.53. The molecule has 54 heavy (non-hydrogen) atoms. The van der Waals surface area contributed by atoms with Crippen molar-refractivity contribution < 1.29 is 0 Å². The third kappa shape index (κ3) is 4.88. The molecule has 0 spiro atoms. The standard InChI is InChI=1S/C50H31N3S/c1-3-12-35(13-4-1)47-42-31-30-40-39-16-7-9-20-44(39)53(37-14-5-2-6-15-37)49(40)46(42)41-18-11-17-38(48(41)52-47)34-26-22-32(23-27-34)33-24-28-36(29-25-33)50-51-43-19-8-10-21-45(43)54-50/h1-31H. The van der Waals surface area contributed by atoms with Crippen molar-refractivity contribution >= 4 is 65.0 Å². The monoisotopic (exact) mass is 705 g/mol. The van der Waals surface area contributed by atoms with E-state index in [1.165, 1.54) is 43.0 Å². The molecule has 0 bridgehead atoms. The van der Waals surface area contributed by atoms with Crippen LogP contribution in [-0.2, 0) is 0 Å². The molecule has 8 aromatic carbocycles. The van der Waals surface area contributed by atoms with Gasteiger partial charge in [-0.05, 0) is 47.0 Å². The second-order valence-corrected chi connectivity index (χ2v) is 14.8. The van der Waals surface area contributed by atoms with Gasteiger partial charge in [0.25, 0.3) is 0 Å². The minimum atomic E-state index is 0.988. The van der Waals surface area contributed by atoms with Crippen LogP contribution in [0.25, 0.3) is 103 Å². The second-order valence-electron chi connectivity index (χ2n) is 13.7. The third-order valence-corrected chi connectivity index (χ3v) is 11.7. The van der Waals surface area contributed by atoms with E-state index in [-0.39, 0.29) is 0 Å². The summed E-state index contributed by atoms with van der Waals surface area (Å²) in [6.07, 6.45) is 0. The molecule has 0 aliphatic heterocycles. The predicted octanol–water partition coefficient (Wildman–Crippen LogP) is 13.8. The maximum Gasteiger partial charge on any atom is 0.124 e. The lowest BCUT2D eigenvalue weighted by Gasteiger charge is -2.16. The highest BCUT2D eigenvalue weighted by atomic mass is 32.1. The van der Waals surface area contributed by atoms with Gasteiger partial charge in [-0.3, -0.25) is 0 Å². The predicted molar refractivity (Wildman–Crippen MR) is 229 cm³/mol. The van der Waals surface area contributed by atoms with Crippen molar-refractivity contribution in [2.24, 2.45) is 0 Å². The lowest BCUT2D eigenvalue weighted by Crippen LogP contribution is -1.97. The molecule has 252 valence electrons. The number of hydrogen-bond acceptors (Lipinski definition) is 3. The highest BCUT2D eigenvalue weighted by molar-refractivity contribution is 7.21. The molecule has 3 nitrogen and oxygen atoms in total. The fourth-order valence-electron chi connectivity index (χ4n) is 8.10. The Balaban J connectivity index is 1.10. The number of nitrogens with zero attached hydrogens (tertiary/aromatic N) is 3. The molecular formula is C50H31N3S. The van der Waals surface area contributed by atoms with E-state index < -0.39 is 0 Å². The average molecular weight is 706 g/mol. The van der Waals surface area contributed by atoms with Gasteiger partial charge >= 0.3 is 0 Å². The van der Waals surface area contributed by atoms with E-state index >= 15 is 0 Å². The van der Waals surface area contributed by atoms with E-state index in [4.69, 9.17) is 9.97 Å². The zero-order valence-electron chi connectivity index (χ0n) is 29.1. The van der Waals surface area contributed by atoms with Gasteiger partial charge in [0.15, 0.2) is 0 Å². The molecule has 0 aliphatic rings. The van der Waals surface area contributed by atoms with Gasteiger partial charge in [0.05, 0.1) is 32.5 Å².